The predicted octanol–water partition coefficient (Wildman–Crippen LogP) is 7.21. The van der Waals surface area contributed by atoms with Crippen molar-refractivity contribution in [1.82, 2.24) is 4.90 Å². The van der Waals surface area contributed by atoms with Gasteiger partial charge in [-0.3, -0.25) is 4.79 Å². The number of thioether (sulfide) groups is 1. The highest BCUT2D eigenvalue weighted by Gasteiger charge is 2.10. The van der Waals surface area contributed by atoms with Crippen LogP contribution in [0.2, 0.25) is 0 Å². The zero-order valence-electron chi connectivity index (χ0n) is 17.6. The Kier molecular flexibility index (Phi) is 16.9. The summed E-state index contributed by atoms with van der Waals surface area (Å²) in [5.74, 6) is 1.02. The molecule has 0 aliphatic carbocycles. The highest BCUT2D eigenvalue weighted by atomic mass is 32.2. The second-order valence-electron chi connectivity index (χ2n) is 8.12. The fourth-order valence-electron chi connectivity index (χ4n) is 3.84. The first kappa shape index (κ1) is 24.0. The van der Waals surface area contributed by atoms with Crippen molar-refractivity contribution in [3.63, 3.8) is 0 Å². The average molecular weight is 384 g/mol. The lowest BCUT2D eigenvalue weighted by Crippen LogP contribution is -2.20. The molecule has 0 bridgehead atoms. The standard InChI is InChI=1S/C23H45NOS/c1-2-3-4-5-6-7-8-9-10-11-12-13-14-18-23(25)26-22-17-21-24-19-15-16-20-24/h2-22H2,1H3. The zero-order chi connectivity index (χ0) is 18.7. The Morgan fingerprint density at radius 1 is 0.731 bits per heavy atom. The van der Waals surface area contributed by atoms with Gasteiger partial charge in [0.25, 0.3) is 0 Å². The summed E-state index contributed by atoms with van der Waals surface area (Å²) in [4.78, 5) is 14.4. The summed E-state index contributed by atoms with van der Waals surface area (Å²) in [6.45, 7) is 6.03. The third-order valence-electron chi connectivity index (χ3n) is 5.56. The second kappa shape index (κ2) is 18.3. The molecule has 1 aliphatic heterocycles. The molecular formula is C23H45NOS. The minimum atomic E-state index is 0.425. The normalized spacial score (nSPS) is 15.0. The topological polar surface area (TPSA) is 20.3 Å². The monoisotopic (exact) mass is 383 g/mol. The van der Waals surface area contributed by atoms with Crippen LogP contribution in [0.4, 0.5) is 0 Å². The third kappa shape index (κ3) is 15.1. The SMILES string of the molecule is CCCCCCCCCCCCCCCC(=O)SCCCN1CCCC1. The molecule has 154 valence electrons. The molecule has 26 heavy (non-hydrogen) atoms. The third-order valence-corrected chi connectivity index (χ3v) is 6.58. The molecule has 0 aromatic heterocycles. The molecule has 0 spiro atoms. The number of unbranched alkanes of at least 4 members (excludes halogenated alkanes) is 12. The maximum Gasteiger partial charge on any atom is 0.188 e. The Balaban J connectivity index is 1.72. The van der Waals surface area contributed by atoms with E-state index in [9.17, 15) is 4.79 Å². The summed E-state index contributed by atoms with van der Waals surface area (Å²) in [5, 5.41) is 0.425. The van der Waals surface area contributed by atoms with Crippen LogP contribution in [-0.2, 0) is 4.79 Å². The molecule has 1 fully saturated rings. The number of carbonyl (C=O) groups is 1. The summed E-state index contributed by atoms with van der Waals surface area (Å²) in [6.07, 6.45) is 22.5. The van der Waals surface area contributed by atoms with Crippen molar-refractivity contribution in [3.8, 4) is 0 Å². The van der Waals surface area contributed by atoms with Crippen molar-refractivity contribution in [2.75, 3.05) is 25.4 Å². The van der Waals surface area contributed by atoms with Crippen LogP contribution in [0.3, 0.4) is 0 Å². The Bertz CT molecular complexity index is 315. The minimum Gasteiger partial charge on any atom is -0.303 e. The number of likely N-dealkylation sites (tertiary alicyclic amines) is 1. The molecule has 0 atom stereocenters. The van der Waals surface area contributed by atoms with Gasteiger partial charge in [0, 0.05) is 12.2 Å². The molecule has 0 aromatic rings. The van der Waals surface area contributed by atoms with Crippen LogP contribution in [0, 0.1) is 0 Å². The second-order valence-corrected chi connectivity index (χ2v) is 9.27. The lowest BCUT2D eigenvalue weighted by Gasteiger charge is -2.13. The lowest BCUT2D eigenvalue weighted by molar-refractivity contribution is -0.111. The van der Waals surface area contributed by atoms with Gasteiger partial charge in [0.2, 0.25) is 0 Å². The quantitative estimate of drug-likeness (QED) is 0.233. The van der Waals surface area contributed by atoms with E-state index in [1.807, 2.05) is 0 Å². The van der Waals surface area contributed by atoms with E-state index in [-0.39, 0.29) is 0 Å². The maximum atomic E-state index is 11.9. The first-order chi connectivity index (χ1) is 12.8. The Labute approximate surface area is 168 Å². The Morgan fingerprint density at radius 2 is 1.23 bits per heavy atom. The highest BCUT2D eigenvalue weighted by Crippen LogP contribution is 2.15. The van der Waals surface area contributed by atoms with Gasteiger partial charge in [-0.15, -0.1) is 0 Å². The molecule has 0 unspecified atom stereocenters. The van der Waals surface area contributed by atoms with E-state index in [0.717, 1.165) is 18.6 Å². The summed E-state index contributed by atoms with van der Waals surface area (Å²) in [6, 6.07) is 0. The van der Waals surface area contributed by atoms with E-state index in [1.54, 1.807) is 11.8 Å². The van der Waals surface area contributed by atoms with Gasteiger partial charge in [0.15, 0.2) is 5.12 Å². The Morgan fingerprint density at radius 3 is 1.77 bits per heavy atom. The maximum absolute atomic E-state index is 11.9. The van der Waals surface area contributed by atoms with Gasteiger partial charge in [-0.25, -0.2) is 0 Å². The van der Waals surface area contributed by atoms with Gasteiger partial charge in [-0.2, -0.15) is 0 Å². The molecule has 0 amide bonds. The van der Waals surface area contributed by atoms with Crippen LogP contribution in [0.15, 0.2) is 0 Å². The van der Waals surface area contributed by atoms with E-state index < -0.39 is 0 Å². The van der Waals surface area contributed by atoms with E-state index in [2.05, 4.69) is 11.8 Å². The zero-order valence-corrected chi connectivity index (χ0v) is 18.4. The number of hydrogen-bond donors (Lipinski definition) is 0. The van der Waals surface area contributed by atoms with Crippen molar-refractivity contribution >= 4 is 16.9 Å². The summed E-state index contributed by atoms with van der Waals surface area (Å²) < 4.78 is 0. The van der Waals surface area contributed by atoms with Crippen molar-refractivity contribution < 1.29 is 4.79 Å². The molecule has 1 saturated heterocycles. The molecule has 1 heterocycles. The fraction of sp³-hybridized carbons (Fsp3) is 0.957. The van der Waals surface area contributed by atoms with E-state index in [0.29, 0.717) is 5.12 Å². The molecule has 0 aromatic carbocycles. The molecule has 0 N–H and O–H groups in total. The first-order valence-corrected chi connectivity index (χ1v) is 12.7. The van der Waals surface area contributed by atoms with Gasteiger partial charge in [0.05, 0.1) is 0 Å². The van der Waals surface area contributed by atoms with Gasteiger partial charge in [-0.05, 0) is 45.3 Å². The molecule has 1 aliphatic rings. The molecular weight excluding hydrogens is 338 g/mol. The van der Waals surface area contributed by atoms with E-state index in [4.69, 9.17) is 0 Å². The lowest BCUT2D eigenvalue weighted by atomic mass is 10.0. The van der Waals surface area contributed by atoms with Gasteiger partial charge < -0.3 is 4.90 Å². The Hall–Kier alpha value is -0.0200. The molecule has 3 heteroatoms. The van der Waals surface area contributed by atoms with Crippen molar-refractivity contribution in [2.24, 2.45) is 0 Å². The van der Waals surface area contributed by atoms with Gasteiger partial charge >= 0.3 is 0 Å². The number of nitrogens with zero attached hydrogens (tertiary/aromatic N) is 1. The summed E-state index contributed by atoms with van der Waals surface area (Å²) in [5.41, 5.74) is 0. The highest BCUT2D eigenvalue weighted by molar-refractivity contribution is 8.13. The van der Waals surface area contributed by atoms with Crippen molar-refractivity contribution in [1.29, 1.82) is 0 Å². The van der Waals surface area contributed by atoms with Crippen LogP contribution in [0.5, 0.6) is 0 Å². The minimum absolute atomic E-state index is 0.425. The van der Waals surface area contributed by atoms with Gasteiger partial charge in [0.1, 0.15) is 0 Å². The van der Waals surface area contributed by atoms with Crippen LogP contribution in [0.1, 0.15) is 116 Å². The van der Waals surface area contributed by atoms with Crippen LogP contribution < -0.4 is 0 Å². The molecule has 0 radical (unpaired) electrons. The predicted molar refractivity (Wildman–Crippen MR) is 118 cm³/mol. The largest absolute Gasteiger partial charge is 0.303 e. The van der Waals surface area contributed by atoms with Crippen molar-refractivity contribution in [3.05, 3.63) is 0 Å². The smallest absolute Gasteiger partial charge is 0.188 e. The van der Waals surface area contributed by atoms with Crippen molar-refractivity contribution in [2.45, 2.75) is 116 Å². The molecule has 0 saturated carbocycles. The number of carbonyl (C=O) groups excluding carboxylic acids is 1. The summed E-state index contributed by atoms with van der Waals surface area (Å²) in [7, 11) is 0. The summed E-state index contributed by atoms with van der Waals surface area (Å²) >= 11 is 1.58. The van der Waals surface area contributed by atoms with Crippen LogP contribution >= 0.6 is 11.8 Å². The van der Waals surface area contributed by atoms with Crippen LogP contribution in [-0.4, -0.2) is 35.4 Å². The van der Waals surface area contributed by atoms with E-state index in [1.165, 1.54) is 116 Å². The number of rotatable bonds is 18. The first-order valence-electron chi connectivity index (χ1n) is 11.7. The van der Waals surface area contributed by atoms with Gasteiger partial charge in [-0.1, -0.05) is 95.7 Å². The van der Waals surface area contributed by atoms with Crippen LogP contribution in [0.25, 0.3) is 0 Å². The van der Waals surface area contributed by atoms with E-state index >= 15 is 0 Å². The number of hydrogen-bond acceptors (Lipinski definition) is 3. The average Bonchev–Trinajstić information content (AvgIpc) is 3.16. The molecule has 2 nitrogen and oxygen atoms in total. The molecule has 1 rings (SSSR count). The fourth-order valence-corrected chi connectivity index (χ4v) is 4.63.